The molecule has 1 aromatic heterocycles. The van der Waals surface area contributed by atoms with Crippen LogP contribution in [0.1, 0.15) is 22.0 Å². The van der Waals surface area contributed by atoms with Gasteiger partial charge in [0.2, 0.25) is 0 Å². The van der Waals surface area contributed by atoms with Crippen LogP contribution in [0.5, 0.6) is 0 Å². The molecule has 0 saturated carbocycles. The van der Waals surface area contributed by atoms with Crippen molar-refractivity contribution in [2.24, 2.45) is 0 Å². The van der Waals surface area contributed by atoms with Crippen LogP contribution < -0.4 is 10.6 Å². The second kappa shape index (κ2) is 5.79. The van der Waals surface area contributed by atoms with E-state index in [0.717, 1.165) is 15.0 Å². The Bertz CT molecular complexity index is 685. The minimum atomic E-state index is -0.0531. The Balaban J connectivity index is 1.95. The molecule has 0 fully saturated rings. The number of amides is 2. The molecular formula is C15H16BrN3OS. The van der Waals surface area contributed by atoms with Gasteiger partial charge in [-0.15, -0.1) is 11.3 Å². The lowest BCUT2D eigenvalue weighted by Crippen LogP contribution is -2.35. The van der Waals surface area contributed by atoms with Crippen molar-refractivity contribution < 1.29 is 4.79 Å². The summed E-state index contributed by atoms with van der Waals surface area (Å²) in [4.78, 5) is 14.6. The van der Waals surface area contributed by atoms with Crippen molar-refractivity contribution in [1.29, 1.82) is 0 Å². The minimum absolute atomic E-state index is 0.0531. The fourth-order valence-corrected chi connectivity index (χ4v) is 4.10. The predicted molar refractivity (Wildman–Crippen MR) is 89.8 cm³/mol. The van der Waals surface area contributed by atoms with Crippen LogP contribution in [-0.2, 0) is 6.54 Å². The first-order valence-corrected chi connectivity index (χ1v) is 8.27. The fourth-order valence-electron chi connectivity index (χ4n) is 2.54. The average molecular weight is 366 g/mol. The van der Waals surface area contributed by atoms with E-state index >= 15 is 0 Å². The van der Waals surface area contributed by atoms with E-state index in [-0.39, 0.29) is 12.1 Å². The number of fused-ring (bicyclic) bond motifs is 1. The summed E-state index contributed by atoms with van der Waals surface area (Å²) in [5, 5.41) is 6.26. The number of carbonyl (C=O) groups excluding carboxylic acids is 1. The van der Waals surface area contributed by atoms with Crippen LogP contribution in [0.15, 0.2) is 34.1 Å². The first kappa shape index (κ1) is 14.6. The number of thiophene rings is 1. The van der Waals surface area contributed by atoms with Gasteiger partial charge in [-0.2, -0.15) is 0 Å². The Labute approximate surface area is 136 Å². The normalized spacial score (nSPS) is 15.6. The van der Waals surface area contributed by atoms with Crippen molar-refractivity contribution in [3.05, 3.63) is 50.1 Å². The van der Waals surface area contributed by atoms with Crippen LogP contribution in [0.25, 0.3) is 0 Å². The maximum absolute atomic E-state index is 11.7. The van der Waals surface area contributed by atoms with Gasteiger partial charge in [-0.25, -0.2) is 4.79 Å². The molecule has 2 amide bonds. The highest BCUT2D eigenvalue weighted by molar-refractivity contribution is 9.11. The zero-order valence-corrected chi connectivity index (χ0v) is 14.2. The van der Waals surface area contributed by atoms with E-state index < -0.39 is 0 Å². The topological polar surface area (TPSA) is 44.4 Å². The van der Waals surface area contributed by atoms with Gasteiger partial charge >= 0.3 is 6.03 Å². The van der Waals surface area contributed by atoms with Gasteiger partial charge in [0.25, 0.3) is 0 Å². The van der Waals surface area contributed by atoms with Gasteiger partial charge < -0.3 is 15.5 Å². The molecule has 6 heteroatoms. The summed E-state index contributed by atoms with van der Waals surface area (Å²) in [6, 6.07) is 10.5. The van der Waals surface area contributed by atoms with Crippen LogP contribution in [0, 0.1) is 0 Å². The van der Waals surface area contributed by atoms with Crippen molar-refractivity contribution >= 4 is 39.0 Å². The third kappa shape index (κ3) is 2.84. The zero-order valence-electron chi connectivity index (χ0n) is 11.8. The number of carbonyl (C=O) groups is 1. The third-order valence-electron chi connectivity index (χ3n) is 3.63. The summed E-state index contributed by atoms with van der Waals surface area (Å²) in [5.41, 5.74) is 3.25. The molecule has 0 aliphatic carbocycles. The second-order valence-corrected chi connectivity index (χ2v) is 7.56. The van der Waals surface area contributed by atoms with Gasteiger partial charge in [-0.1, -0.05) is 6.07 Å². The van der Waals surface area contributed by atoms with E-state index in [1.54, 1.807) is 23.3 Å². The molecule has 1 aliphatic rings. The van der Waals surface area contributed by atoms with Crippen LogP contribution in [0.3, 0.4) is 0 Å². The molecule has 0 bridgehead atoms. The van der Waals surface area contributed by atoms with E-state index in [9.17, 15) is 4.79 Å². The molecule has 2 aromatic rings. The number of hydrogen-bond acceptors (Lipinski definition) is 3. The van der Waals surface area contributed by atoms with E-state index in [1.807, 2.05) is 13.1 Å². The number of rotatable bonds is 3. The molecule has 1 atom stereocenters. The van der Waals surface area contributed by atoms with Gasteiger partial charge in [0.15, 0.2) is 0 Å². The fraction of sp³-hybridized carbons (Fsp3) is 0.267. The van der Waals surface area contributed by atoms with Crippen molar-refractivity contribution in [3.8, 4) is 0 Å². The lowest BCUT2D eigenvalue weighted by atomic mass is 10.00. The Morgan fingerprint density at radius 2 is 2.19 bits per heavy atom. The van der Waals surface area contributed by atoms with Crippen LogP contribution in [0.2, 0.25) is 0 Å². The van der Waals surface area contributed by atoms with Crippen molar-refractivity contribution in [1.82, 2.24) is 10.2 Å². The van der Waals surface area contributed by atoms with Crippen LogP contribution in [-0.4, -0.2) is 25.0 Å². The summed E-state index contributed by atoms with van der Waals surface area (Å²) in [5.74, 6) is 0. The van der Waals surface area contributed by atoms with Gasteiger partial charge in [-0.3, -0.25) is 0 Å². The van der Waals surface area contributed by atoms with E-state index in [1.165, 1.54) is 10.4 Å². The first-order chi connectivity index (χ1) is 10.1. The summed E-state index contributed by atoms with van der Waals surface area (Å²) < 4.78 is 1.13. The molecular weight excluding hydrogens is 350 g/mol. The number of nitrogens with zero attached hydrogens (tertiary/aromatic N) is 1. The van der Waals surface area contributed by atoms with E-state index in [0.29, 0.717) is 6.54 Å². The number of anilines is 1. The predicted octanol–water partition coefficient (Wildman–Crippen LogP) is 3.80. The van der Waals surface area contributed by atoms with Gasteiger partial charge in [0.1, 0.15) is 0 Å². The van der Waals surface area contributed by atoms with E-state index in [2.05, 4.69) is 50.8 Å². The number of nitrogens with one attached hydrogen (secondary N) is 2. The smallest absolute Gasteiger partial charge is 0.321 e. The Morgan fingerprint density at radius 3 is 2.86 bits per heavy atom. The number of halogens is 1. The molecule has 1 aromatic carbocycles. The molecule has 1 aliphatic heterocycles. The molecule has 21 heavy (non-hydrogen) atoms. The summed E-state index contributed by atoms with van der Waals surface area (Å²) >= 11 is 5.24. The minimum Gasteiger partial charge on any atom is -0.323 e. The number of urea groups is 1. The molecule has 0 saturated heterocycles. The van der Waals surface area contributed by atoms with E-state index in [4.69, 9.17) is 0 Å². The molecule has 2 heterocycles. The van der Waals surface area contributed by atoms with Crippen LogP contribution >= 0.6 is 27.3 Å². The lowest BCUT2D eigenvalue weighted by molar-refractivity contribution is 0.218. The van der Waals surface area contributed by atoms with Gasteiger partial charge in [-0.05, 0) is 58.4 Å². The molecule has 110 valence electrons. The second-order valence-electron chi connectivity index (χ2n) is 5.07. The van der Waals surface area contributed by atoms with Crippen molar-refractivity contribution in [2.75, 3.05) is 19.4 Å². The SMILES string of the molecule is CNC(c1ccc2c(c1)CN(C)C(=O)N2)c1ccc(Br)s1. The Morgan fingerprint density at radius 1 is 1.38 bits per heavy atom. The molecule has 0 spiro atoms. The molecule has 3 rings (SSSR count). The highest BCUT2D eigenvalue weighted by Crippen LogP contribution is 2.33. The van der Waals surface area contributed by atoms with Gasteiger partial charge in [0.05, 0.1) is 9.83 Å². The van der Waals surface area contributed by atoms with Crippen molar-refractivity contribution in [2.45, 2.75) is 12.6 Å². The molecule has 4 nitrogen and oxygen atoms in total. The highest BCUT2D eigenvalue weighted by Gasteiger charge is 2.21. The third-order valence-corrected chi connectivity index (χ3v) is 5.31. The largest absolute Gasteiger partial charge is 0.323 e. The van der Waals surface area contributed by atoms with Gasteiger partial charge in [0, 0.05) is 24.2 Å². The summed E-state index contributed by atoms with van der Waals surface area (Å²) in [7, 11) is 3.77. The summed E-state index contributed by atoms with van der Waals surface area (Å²) in [6.07, 6.45) is 0. The van der Waals surface area contributed by atoms with Crippen molar-refractivity contribution in [3.63, 3.8) is 0 Å². The monoisotopic (exact) mass is 365 g/mol. The number of hydrogen-bond donors (Lipinski definition) is 2. The maximum Gasteiger partial charge on any atom is 0.321 e. The maximum atomic E-state index is 11.7. The average Bonchev–Trinajstić information content (AvgIpc) is 2.87. The molecule has 2 N–H and O–H groups in total. The highest BCUT2D eigenvalue weighted by atomic mass is 79.9. The number of benzene rings is 1. The quantitative estimate of drug-likeness (QED) is 0.868. The molecule has 0 radical (unpaired) electrons. The first-order valence-electron chi connectivity index (χ1n) is 6.66. The molecule has 1 unspecified atom stereocenters. The lowest BCUT2D eigenvalue weighted by Gasteiger charge is -2.27. The Kier molecular flexibility index (Phi) is 4.01. The standard InChI is InChI=1S/C15H16BrN3OS/c1-17-14(12-5-6-13(16)21-12)9-3-4-11-10(7-9)8-19(2)15(20)18-11/h3-7,14,17H,8H2,1-2H3,(H,18,20). The Hall–Kier alpha value is -1.37. The zero-order chi connectivity index (χ0) is 15.0. The van der Waals surface area contributed by atoms with Crippen LogP contribution in [0.4, 0.5) is 10.5 Å². The summed E-state index contributed by atoms with van der Waals surface area (Å²) in [6.45, 7) is 0.638.